The Morgan fingerprint density at radius 1 is 1.24 bits per heavy atom. The van der Waals surface area contributed by atoms with E-state index >= 15 is 0 Å². The number of hydrogen-bond donors (Lipinski definition) is 4. The van der Waals surface area contributed by atoms with E-state index in [4.69, 9.17) is 24.3 Å². The maximum Gasteiger partial charge on any atom is 0.459 e. The minimum atomic E-state index is -4.45. The van der Waals surface area contributed by atoms with Crippen molar-refractivity contribution in [1.29, 1.82) is 0 Å². The molecule has 5 N–H and O–H groups in total. The van der Waals surface area contributed by atoms with Gasteiger partial charge in [-0.25, -0.2) is 18.9 Å². The number of unbranched alkanes of at least 4 members (excludes halogenated alkanes) is 1. The normalized spacial score (nSPS) is 24.1. The zero-order valence-electron chi connectivity index (χ0n) is 26.0. The molecule has 0 saturated carbocycles. The summed E-state index contributed by atoms with van der Waals surface area (Å²) in [7, 11) is -4.45. The molecule has 1 aliphatic heterocycles. The second-order valence-electron chi connectivity index (χ2n) is 11.5. The first-order chi connectivity index (χ1) is 21.9. The second kappa shape index (κ2) is 13.6. The number of carbonyl (C=O) groups excluding carboxylic acids is 1. The van der Waals surface area contributed by atoms with E-state index < -0.39 is 55.7 Å². The smallest absolute Gasteiger partial charge is 0.459 e. The number of anilines is 1. The van der Waals surface area contributed by atoms with Crippen molar-refractivity contribution < 1.29 is 42.5 Å². The Morgan fingerprint density at radius 2 is 1.98 bits per heavy atom. The van der Waals surface area contributed by atoms with Gasteiger partial charge in [0.2, 0.25) is 0 Å². The van der Waals surface area contributed by atoms with E-state index in [2.05, 4.69) is 15.1 Å². The number of halogens is 1. The molecule has 0 bridgehead atoms. The Balaban J connectivity index is 1.47. The summed E-state index contributed by atoms with van der Waals surface area (Å²) in [6.07, 6.45) is -1.61. The number of aliphatic hydroxyl groups is 2. The average Bonchev–Trinajstić information content (AvgIpc) is 3.48. The van der Waals surface area contributed by atoms with Crippen molar-refractivity contribution in [3.05, 3.63) is 60.8 Å². The Hall–Kier alpha value is -3.65. The van der Waals surface area contributed by atoms with Crippen LogP contribution in [-0.2, 0) is 23.4 Å². The van der Waals surface area contributed by atoms with Crippen LogP contribution in [0.2, 0.25) is 0 Å². The molecule has 15 heteroatoms. The molecular formula is C31H39FN5O8P. The standard InChI is InChI=1S/C31H39FN5O8P/c1-5-7-15-42-29(39)18(3)36-46(41,45-23-14-10-12-19-11-8-9-13-20(19)23)44-22(6-2)25-26(38)31(4,40)30(43-25)37-16-21(32)24-27(33)34-17-35-28(24)37/h8-14,16-18,22,25-26,30,38,40H,5-7,15H2,1-4H3,(H,36,41)(H2,33,34,35)/t18-,22+,25+,26+,30+,31+,46?/m0/s1. The van der Waals surface area contributed by atoms with E-state index in [9.17, 15) is 24.0 Å². The molecule has 3 heterocycles. The van der Waals surface area contributed by atoms with Crippen LogP contribution in [-0.4, -0.2) is 67.3 Å². The van der Waals surface area contributed by atoms with Gasteiger partial charge in [0.1, 0.15) is 41.7 Å². The van der Waals surface area contributed by atoms with Gasteiger partial charge in [0, 0.05) is 11.6 Å². The lowest BCUT2D eigenvalue weighted by atomic mass is 9.93. The Morgan fingerprint density at radius 3 is 2.72 bits per heavy atom. The van der Waals surface area contributed by atoms with Gasteiger partial charge in [-0.3, -0.25) is 13.9 Å². The molecule has 0 amide bonds. The number of nitrogens with zero attached hydrogens (tertiary/aromatic N) is 3. The van der Waals surface area contributed by atoms with Gasteiger partial charge in [-0.2, -0.15) is 5.09 Å². The quantitative estimate of drug-likeness (QED) is 0.0890. The van der Waals surface area contributed by atoms with Crippen LogP contribution < -0.4 is 15.3 Å². The third-order valence-electron chi connectivity index (χ3n) is 8.00. The lowest BCUT2D eigenvalue weighted by Crippen LogP contribution is -2.47. The Kier molecular flexibility index (Phi) is 9.97. The van der Waals surface area contributed by atoms with E-state index in [-0.39, 0.29) is 35.6 Å². The lowest BCUT2D eigenvalue weighted by Gasteiger charge is -2.31. The number of nitrogens with two attached hydrogens (primary N) is 1. The molecule has 13 nitrogen and oxygen atoms in total. The van der Waals surface area contributed by atoms with Crippen LogP contribution in [0.1, 0.15) is 53.2 Å². The fourth-order valence-electron chi connectivity index (χ4n) is 5.48. The first-order valence-corrected chi connectivity index (χ1v) is 16.7. The van der Waals surface area contributed by atoms with E-state index in [1.54, 1.807) is 31.2 Å². The highest BCUT2D eigenvalue weighted by molar-refractivity contribution is 7.52. The van der Waals surface area contributed by atoms with E-state index in [1.807, 2.05) is 25.1 Å². The predicted molar refractivity (Wildman–Crippen MR) is 168 cm³/mol. The van der Waals surface area contributed by atoms with Crippen molar-refractivity contribution in [3.8, 4) is 5.75 Å². The molecule has 4 aromatic rings. The average molecular weight is 660 g/mol. The fraction of sp³-hybridized carbons (Fsp3) is 0.452. The van der Waals surface area contributed by atoms with Gasteiger partial charge in [-0.15, -0.1) is 0 Å². The molecule has 2 aromatic carbocycles. The molecule has 0 aliphatic carbocycles. The van der Waals surface area contributed by atoms with Crippen molar-refractivity contribution in [3.63, 3.8) is 0 Å². The van der Waals surface area contributed by atoms with Crippen LogP contribution in [0, 0.1) is 5.82 Å². The number of hydrogen-bond acceptors (Lipinski definition) is 11. The molecule has 2 aromatic heterocycles. The van der Waals surface area contributed by atoms with E-state index in [0.717, 1.165) is 24.3 Å². The van der Waals surface area contributed by atoms with Crippen molar-refractivity contribution in [2.75, 3.05) is 12.3 Å². The van der Waals surface area contributed by atoms with Gasteiger partial charge in [0.05, 0.1) is 18.1 Å². The molecule has 7 atom stereocenters. The number of benzene rings is 2. The third kappa shape index (κ3) is 6.59. The number of rotatable bonds is 13. The van der Waals surface area contributed by atoms with Gasteiger partial charge in [0.25, 0.3) is 0 Å². The summed E-state index contributed by atoms with van der Waals surface area (Å²) in [5.41, 5.74) is 3.91. The number of nitrogens with one attached hydrogen (secondary N) is 1. The third-order valence-corrected chi connectivity index (χ3v) is 9.69. The van der Waals surface area contributed by atoms with Crippen molar-refractivity contribution >= 4 is 41.3 Å². The van der Waals surface area contributed by atoms with Crippen molar-refractivity contribution in [2.24, 2.45) is 0 Å². The van der Waals surface area contributed by atoms with E-state index in [0.29, 0.717) is 11.8 Å². The molecule has 46 heavy (non-hydrogen) atoms. The van der Waals surface area contributed by atoms with Crippen LogP contribution >= 0.6 is 7.75 Å². The van der Waals surface area contributed by atoms with Crippen LogP contribution in [0.3, 0.4) is 0 Å². The number of nitrogen functional groups attached to an aromatic ring is 1. The molecule has 1 aliphatic rings. The van der Waals surface area contributed by atoms with Gasteiger partial charge < -0.3 is 29.9 Å². The highest BCUT2D eigenvalue weighted by Crippen LogP contribution is 2.51. The maximum absolute atomic E-state index is 14.9. The van der Waals surface area contributed by atoms with Crippen LogP contribution in [0.5, 0.6) is 5.75 Å². The second-order valence-corrected chi connectivity index (χ2v) is 13.1. The summed E-state index contributed by atoms with van der Waals surface area (Å²) < 4.78 is 54.3. The number of carbonyl (C=O) groups is 1. The number of aromatic nitrogens is 3. The van der Waals surface area contributed by atoms with Crippen LogP contribution in [0.4, 0.5) is 10.2 Å². The Labute approximate surface area is 265 Å². The highest BCUT2D eigenvalue weighted by Gasteiger charge is 2.57. The SMILES string of the molecule is CCCCOC(=O)[C@H](C)NP(=O)(Oc1cccc2ccccc12)O[C@H](CC)[C@H]1O[C@@H](n2cc(F)c3c(N)ncnc32)[C@](C)(O)[C@@H]1O. The summed E-state index contributed by atoms with van der Waals surface area (Å²) in [5, 5.41) is 26.9. The predicted octanol–water partition coefficient (Wildman–Crippen LogP) is 4.62. The first kappa shape index (κ1) is 33.7. The minimum absolute atomic E-state index is 0.0409. The zero-order valence-corrected chi connectivity index (χ0v) is 26.9. The Bertz CT molecular complexity index is 1750. The molecule has 1 fully saturated rings. The topological polar surface area (TPSA) is 180 Å². The zero-order chi connectivity index (χ0) is 33.2. The number of ether oxygens (including phenoxy) is 2. The molecule has 0 radical (unpaired) electrons. The van der Waals surface area contributed by atoms with Crippen LogP contribution in [0.15, 0.2) is 55.0 Å². The summed E-state index contributed by atoms with van der Waals surface area (Å²) in [6, 6.07) is 11.4. The molecule has 5 rings (SSSR count). The lowest BCUT2D eigenvalue weighted by molar-refractivity contribution is -0.145. The number of fused-ring (bicyclic) bond motifs is 2. The van der Waals surface area contributed by atoms with E-state index in [1.165, 1.54) is 18.4 Å². The molecule has 248 valence electrons. The summed E-state index contributed by atoms with van der Waals surface area (Å²) in [5.74, 6) is -1.29. The minimum Gasteiger partial charge on any atom is -0.465 e. The summed E-state index contributed by atoms with van der Waals surface area (Å²) in [4.78, 5) is 20.7. The van der Waals surface area contributed by atoms with Crippen LogP contribution in [0.25, 0.3) is 21.8 Å². The first-order valence-electron chi connectivity index (χ1n) is 15.1. The van der Waals surface area contributed by atoms with Crippen molar-refractivity contribution in [1.82, 2.24) is 19.6 Å². The van der Waals surface area contributed by atoms with Gasteiger partial charge >= 0.3 is 13.7 Å². The largest absolute Gasteiger partial charge is 0.465 e. The molecular weight excluding hydrogens is 620 g/mol. The summed E-state index contributed by atoms with van der Waals surface area (Å²) in [6.45, 7) is 6.64. The monoisotopic (exact) mass is 659 g/mol. The van der Waals surface area contributed by atoms with Crippen molar-refractivity contribution in [2.45, 2.75) is 83.1 Å². The van der Waals surface area contributed by atoms with Gasteiger partial charge in [-0.05, 0) is 38.1 Å². The fourth-order valence-corrected chi connectivity index (χ4v) is 7.26. The number of esters is 1. The highest BCUT2D eigenvalue weighted by atomic mass is 31.2. The van der Waals surface area contributed by atoms with Gasteiger partial charge in [-0.1, -0.05) is 56.7 Å². The number of aliphatic hydroxyl groups excluding tert-OH is 1. The van der Waals surface area contributed by atoms with Gasteiger partial charge in [0.15, 0.2) is 17.7 Å². The molecule has 1 unspecified atom stereocenters. The molecule has 0 spiro atoms. The maximum atomic E-state index is 14.9. The molecule has 1 saturated heterocycles. The summed E-state index contributed by atoms with van der Waals surface area (Å²) >= 11 is 0.